The Morgan fingerprint density at radius 1 is 1.15 bits per heavy atom. The molecule has 3 rings (SSSR count). The Labute approximate surface area is 159 Å². The number of anilines is 2. The van der Waals surface area contributed by atoms with Gasteiger partial charge in [-0.3, -0.25) is 9.69 Å². The van der Waals surface area contributed by atoms with E-state index in [0.717, 1.165) is 38.3 Å². The molecular weight excluding hydrogens is 343 g/mol. The van der Waals surface area contributed by atoms with Crippen molar-refractivity contribution in [1.29, 1.82) is 5.26 Å². The average Bonchev–Trinajstić information content (AvgIpc) is 2.93. The molecule has 1 amide bonds. The number of carbonyl (C=O) groups is 1. The summed E-state index contributed by atoms with van der Waals surface area (Å²) in [5.74, 6) is -0.520. The summed E-state index contributed by atoms with van der Waals surface area (Å²) in [6.45, 7) is 4.97. The Morgan fingerprint density at radius 2 is 1.96 bits per heavy atom. The number of nitrogens with one attached hydrogen (secondary N) is 1. The number of benzene rings is 2. The van der Waals surface area contributed by atoms with Crippen molar-refractivity contribution in [3.05, 3.63) is 59.9 Å². The number of rotatable bonds is 4. The number of nitrogens with zero attached hydrogens (tertiary/aromatic N) is 3. The topological polar surface area (TPSA) is 59.4 Å². The van der Waals surface area contributed by atoms with Gasteiger partial charge in [0.1, 0.15) is 11.9 Å². The summed E-state index contributed by atoms with van der Waals surface area (Å²) in [7, 11) is 0. The number of para-hydroxylation sites is 1. The third kappa shape index (κ3) is 4.63. The molecule has 1 N–H and O–H groups in total. The molecule has 0 aromatic heterocycles. The van der Waals surface area contributed by atoms with E-state index < -0.39 is 0 Å². The Kier molecular flexibility index (Phi) is 6.05. The third-order valence-corrected chi connectivity index (χ3v) is 4.91. The van der Waals surface area contributed by atoms with E-state index >= 15 is 0 Å². The molecule has 1 saturated heterocycles. The van der Waals surface area contributed by atoms with Gasteiger partial charge in [-0.25, -0.2) is 4.39 Å². The van der Waals surface area contributed by atoms with Gasteiger partial charge >= 0.3 is 0 Å². The van der Waals surface area contributed by atoms with E-state index in [1.165, 1.54) is 12.1 Å². The van der Waals surface area contributed by atoms with Crippen molar-refractivity contribution in [1.82, 2.24) is 4.90 Å². The summed E-state index contributed by atoms with van der Waals surface area (Å²) in [5.41, 5.74) is 2.08. The van der Waals surface area contributed by atoms with E-state index in [-0.39, 0.29) is 17.8 Å². The maximum Gasteiger partial charge on any atom is 0.241 e. The number of carbonyl (C=O) groups excluding carboxylic acids is 1. The number of halogens is 1. The van der Waals surface area contributed by atoms with Crippen molar-refractivity contribution in [3.8, 4) is 6.07 Å². The lowest BCUT2D eigenvalue weighted by atomic mass is 10.1. The van der Waals surface area contributed by atoms with Gasteiger partial charge in [-0.1, -0.05) is 18.2 Å². The molecular formula is C21H23FN4O. The van der Waals surface area contributed by atoms with Gasteiger partial charge < -0.3 is 10.2 Å². The second-order valence-electron chi connectivity index (χ2n) is 6.68. The minimum atomic E-state index is -0.373. The summed E-state index contributed by atoms with van der Waals surface area (Å²) in [6.07, 6.45) is 0.900. The Hall–Kier alpha value is -2.91. The highest BCUT2D eigenvalue weighted by Gasteiger charge is 2.25. The fraction of sp³-hybridized carbons (Fsp3) is 0.333. The van der Waals surface area contributed by atoms with Crippen molar-refractivity contribution >= 4 is 17.3 Å². The minimum absolute atomic E-state index is 0.147. The summed E-state index contributed by atoms with van der Waals surface area (Å²) in [4.78, 5) is 16.9. The zero-order chi connectivity index (χ0) is 19.2. The molecule has 1 aliphatic rings. The van der Waals surface area contributed by atoms with Crippen molar-refractivity contribution in [2.24, 2.45) is 0 Å². The van der Waals surface area contributed by atoms with Crippen LogP contribution < -0.4 is 10.2 Å². The van der Waals surface area contributed by atoms with Crippen LogP contribution in [0, 0.1) is 17.1 Å². The molecule has 0 spiro atoms. The third-order valence-electron chi connectivity index (χ3n) is 4.91. The highest BCUT2D eigenvalue weighted by atomic mass is 19.1. The first kappa shape index (κ1) is 18.9. The smallest absolute Gasteiger partial charge is 0.241 e. The van der Waals surface area contributed by atoms with Gasteiger partial charge in [0.2, 0.25) is 5.91 Å². The van der Waals surface area contributed by atoms with Crippen LogP contribution in [0.3, 0.4) is 0 Å². The molecule has 1 aliphatic heterocycles. The summed E-state index contributed by atoms with van der Waals surface area (Å²) in [5, 5.41) is 12.1. The van der Waals surface area contributed by atoms with Crippen LogP contribution in [-0.4, -0.2) is 43.0 Å². The van der Waals surface area contributed by atoms with Crippen molar-refractivity contribution in [3.63, 3.8) is 0 Å². The number of nitriles is 1. The van der Waals surface area contributed by atoms with Crippen LogP contribution in [0.5, 0.6) is 0 Å². The van der Waals surface area contributed by atoms with Gasteiger partial charge in [0.25, 0.3) is 0 Å². The SMILES string of the molecule is C[C@@H](C(=O)Nc1cccc(F)c1)N1CCCN(c2ccccc2C#N)CC1. The molecule has 6 heteroatoms. The second kappa shape index (κ2) is 8.65. The van der Waals surface area contributed by atoms with Crippen LogP contribution in [0.4, 0.5) is 15.8 Å². The van der Waals surface area contributed by atoms with E-state index in [9.17, 15) is 14.4 Å². The molecule has 27 heavy (non-hydrogen) atoms. The van der Waals surface area contributed by atoms with Gasteiger partial charge in [-0.05, 0) is 43.7 Å². The van der Waals surface area contributed by atoms with Gasteiger partial charge in [0, 0.05) is 31.9 Å². The van der Waals surface area contributed by atoms with Crippen molar-refractivity contribution < 1.29 is 9.18 Å². The van der Waals surface area contributed by atoms with Crippen LogP contribution in [0.2, 0.25) is 0 Å². The number of hydrogen-bond donors (Lipinski definition) is 1. The molecule has 0 aliphatic carbocycles. The minimum Gasteiger partial charge on any atom is -0.369 e. The molecule has 2 aromatic rings. The standard InChI is InChI=1S/C21H23FN4O/c1-16(21(27)24-19-8-4-7-18(22)14-19)25-10-5-11-26(13-12-25)20-9-3-2-6-17(20)15-23/h2-4,6-9,14,16H,5,10-13H2,1H3,(H,24,27)/t16-/m0/s1. The highest BCUT2D eigenvalue weighted by molar-refractivity contribution is 5.94. The first-order valence-corrected chi connectivity index (χ1v) is 9.13. The summed E-state index contributed by atoms with van der Waals surface area (Å²) >= 11 is 0. The van der Waals surface area contributed by atoms with E-state index in [2.05, 4.69) is 21.2 Å². The fourth-order valence-electron chi connectivity index (χ4n) is 3.39. The Balaban J connectivity index is 1.63. The lowest BCUT2D eigenvalue weighted by molar-refractivity contribution is -0.120. The zero-order valence-corrected chi connectivity index (χ0v) is 15.4. The number of amides is 1. The molecule has 1 heterocycles. The van der Waals surface area contributed by atoms with Gasteiger partial charge in [0.05, 0.1) is 17.3 Å². The first-order valence-electron chi connectivity index (χ1n) is 9.13. The molecule has 0 bridgehead atoms. The monoisotopic (exact) mass is 366 g/mol. The lowest BCUT2D eigenvalue weighted by Gasteiger charge is -2.27. The van der Waals surface area contributed by atoms with Gasteiger partial charge in [-0.2, -0.15) is 5.26 Å². The Morgan fingerprint density at radius 3 is 2.74 bits per heavy atom. The van der Waals surface area contributed by atoms with Crippen molar-refractivity contribution in [2.45, 2.75) is 19.4 Å². The summed E-state index contributed by atoms with van der Waals surface area (Å²) < 4.78 is 13.3. The zero-order valence-electron chi connectivity index (χ0n) is 15.4. The van der Waals surface area contributed by atoms with Crippen LogP contribution in [-0.2, 0) is 4.79 Å². The first-order chi connectivity index (χ1) is 13.1. The maximum atomic E-state index is 13.3. The Bertz CT molecular complexity index is 848. The van der Waals surface area contributed by atoms with Crippen LogP contribution >= 0.6 is 0 Å². The predicted molar refractivity (Wildman–Crippen MR) is 104 cm³/mol. The molecule has 5 nitrogen and oxygen atoms in total. The highest BCUT2D eigenvalue weighted by Crippen LogP contribution is 2.22. The molecule has 1 atom stereocenters. The van der Waals surface area contributed by atoms with Crippen LogP contribution in [0.1, 0.15) is 18.9 Å². The van der Waals surface area contributed by atoms with Gasteiger partial charge in [0.15, 0.2) is 0 Å². The summed E-state index contributed by atoms with van der Waals surface area (Å²) in [6, 6.07) is 15.4. The average molecular weight is 366 g/mol. The predicted octanol–water partition coefficient (Wildman–Crippen LogP) is 3.24. The second-order valence-corrected chi connectivity index (χ2v) is 6.68. The van der Waals surface area contributed by atoms with Crippen molar-refractivity contribution in [2.75, 3.05) is 36.4 Å². The largest absolute Gasteiger partial charge is 0.369 e. The molecule has 2 aromatic carbocycles. The molecule has 140 valence electrons. The van der Waals surface area contributed by atoms with E-state index in [1.807, 2.05) is 31.2 Å². The van der Waals surface area contributed by atoms with E-state index in [0.29, 0.717) is 11.3 Å². The quantitative estimate of drug-likeness (QED) is 0.903. The molecule has 0 unspecified atom stereocenters. The molecule has 0 saturated carbocycles. The van der Waals surface area contributed by atoms with Crippen LogP contribution in [0.15, 0.2) is 48.5 Å². The van der Waals surface area contributed by atoms with E-state index in [1.54, 1.807) is 12.1 Å². The normalized spacial score (nSPS) is 16.3. The number of hydrogen-bond acceptors (Lipinski definition) is 4. The van der Waals surface area contributed by atoms with Crippen LogP contribution in [0.25, 0.3) is 0 Å². The lowest BCUT2D eigenvalue weighted by Crippen LogP contribution is -2.44. The molecule has 0 radical (unpaired) electrons. The van der Waals surface area contributed by atoms with E-state index in [4.69, 9.17) is 0 Å². The molecule has 1 fully saturated rings. The fourth-order valence-corrected chi connectivity index (χ4v) is 3.39. The van der Waals surface area contributed by atoms with Gasteiger partial charge in [-0.15, -0.1) is 0 Å². The maximum absolute atomic E-state index is 13.3.